The van der Waals surface area contributed by atoms with Crippen LogP contribution in [0.5, 0.6) is 0 Å². The Morgan fingerprint density at radius 3 is 2.06 bits per heavy atom. The highest BCUT2D eigenvalue weighted by Crippen LogP contribution is 2.04. The molecule has 17 heavy (non-hydrogen) atoms. The molecule has 0 aliphatic carbocycles. The van der Waals surface area contributed by atoms with E-state index < -0.39 is 11.9 Å². The Morgan fingerprint density at radius 1 is 1.00 bits per heavy atom. The average molecular weight is 234 g/mol. The third-order valence-corrected chi connectivity index (χ3v) is 1.92. The molecule has 2 aromatic rings. The van der Waals surface area contributed by atoms with Crippen LogP contribution in [0.4, 0.5) is 0 Å². The lowest BCUT2D eigenvalue weighted by Gasteiger charge is -1.98. The molecule has 2 heterocycles. The van der Waals surface area contributed by atoms with Gasteiger partial charge >= 0.3 is 11.9 Å². The Morgan fingerprint density at radius 2 is 1.59 bits per heavy atom. The summed E-state index contributed by atoms with van der Waals surface area (Å²) in [5.74, 6) is -2.15. The van der Waals surface area contributed by atoms with E-state index in [1.54, 1.807) is 0 Å². The molecule has 0 fully saturated rings. The Balaban J connectivity index is 2.33. The summed E-state index contributed by atoms with van der Waals surface area (Å²) in [5.41, 5.74) is -0.0599. The lowest BCUT2D eigenvalue weighted by Crippen LogP contribution is -2.05. The number of hydrogen-bond acceptors (Lipinski definition) is 5. The van der Waals surface area contributed by atoms with Gasteiger partial charge in [-0.2, -0.15) is 5.10 Å². The molecular weight excluding hydrogens is 228 g/mol. The van der Waals surface area contributed by atoms with Crippen molar-refractivity contribution in [2.45, 2.75) is 0 Å². The maximum absolute atomic E-state index is 10.6. The van der Waals surface area contributed by atoms with E-state index >= 15 is 0 Å². The van der Waals surface area contributed by atoms with Gasteiger partial charge in [-0.3, -0.25) is 0 Å². The molecule has 0 saturated heterocycles. The summed E-state index contributed by atoms with van der Waals surface area (Å²) in [6.07, 6.45) is 4.62. The van der Waals surface area contributed by atoms with Gasteiger partial charge in [0.1, 0.15) is 0 Å². The molecular formula is C9H6N4O4. The zero-order valence-corrected chi connectivity index (χ0v) is 8.31. The molecule has 0 saturated carbocycles. The number of rotatable bonds is 3. The van der Waals surface area contributed by atoms with Crippen LogP contribution in [0, 0.1) is 0 Å². The highest BCUT2D eigenvalue weighted by Gasteiger charge is 2.09. The predicted octanol–water partition coefficient (Wildman–Crippen LogP) is 0.0587. The maximum Gasteiger partial charge on any atom is 0.338 e. The second kappa shape index (κ2) is 4.00. The van der Waals surface area contributed by atoms with Gasteiger partial charge < -0.3 is 10.2 Å². The van der Waals surface area contributed by atoms with Gasteiger partial charge in [-0.15, -0.1) is 0 Å². The Labute approximate surface area is 94.2 Å². The van der Waals surface area contributed by atoms with Crippen molar-refractivity contribution in [3.05, 3.63) is 35.9 Å². The maximum atomic E-state index is 10.6. The smallest absolute Gasteiger partial charge is 0.338 e. The standard InChI is InChI=1S/C9H6N4O4/c14-7(15)5-1-10-9(11-2-5)13-4-6(3-12-13)8(16)17/h1-4H,(H,14,15)(H,16,17). The van der Waals surface area contributed by atoms with E-state index in [1.165, 1.54) is 6.20 Å². The van der Waals surface area contributed by atoms with Crippen molar-refractivity contribution < 1.29 is 19.8 Å². The number of carboxylic acid groups (broad SMARTS) is 2. The summed E-state index contributed by atoms with van der Waals surface area (Å²) in [5, 5.41) is 21.1. The first-order valence-corrected chi connectivity index (χ1v) is 4.41. The monoisotopic (exact) mass is 234 g/mol. The molecule has 86 valence electrons. The fourth-order valence-corrected chi connectivity index (χ4v) is 1.09. The zero-order valence-electron chi connectivity index (χ0n) is 8.31. The molecule has 2 aromatic heterocycles. The molecule has 0 atom stereocenters. The molecule has 0 amide bonds. The number of hydrogen-bond donors (Lipinski definition) is 2. The molecule has 0 radical (unpaired) electrons. The minimum absolute atomic E-state index is 0.00379. The molecule has 2 rings (SSSR count). The minimum atomic E-state index is -1.14. The minimum Gasteiger partial charge on any atom is -0.478 e. The zero-order chi connectivity index (χ0) is 12.4. The Hall–Kier alpha value is -2.77. The van der Waals surface area contributed by atoms with Crippen molar-refractivity contribution >= 4 is 11.9 Å². The SMILES string of the molecule is O=C(O)c1cnc(-n2cc(C(=O)O)cn2)nc1. The van der Waals surface area contributed by atoms with Crippen molar-refractivity contribution in [3.8, 4) is 5.95 Å². The molecule has 8 nitrogen and oxygen atoms in total. The first-order valence-electron chi connectivity index (χ1n) is 4.41. The van der Waals surface area contributed by atoms with Gasteiger partial charge in [0.05, 0.1) is 17.3 Å². The quantitative estimate of drug-likeness (QED) is 0.770. The van der Waals surface area contributed by atoms with Gasteiger partial charge in [-0.1, -0.05) is 0 Å². The molecule has 0 spiro atoms. The third kappa shape index (κ3) is 2.09. The fraction of sp³-hybridized carbons (Fsp3) is 0. The van der Waals surface area contributed by atoms with Crippen LogP contribution < -0.4 is 0 Å². The normalized spacial score (nSPS) is 10.1. The predicted molar refractivity (Wildman–Crippen MR) is 53.1 cm³/mol. The van der Waals surface area contributed by atoms with Gasteiger partial charge in [0.25, 0.3) is 0 Å². The molecule has 0 bridgehead atoms. The van der Waals surface area contributed by atoms with Crippen LogP contribution in [-0.2, 0) is 0 Å². The van der Waals surface area contributed by atoms with Crippen molar-refractivity contribution in [1.29, 1.82) is 0 Å². The van der Waals surface area contributed by atoms with Crippen molar-refractivity contribution in [2.24, 2.45) is 0 Å². The van der Waals surface area contributed by atoms with Crippen LogP contribution in [0.1, 0.15) is 20.7 Å². The Bertz CT molecular complexity index is 575. The average Bonchev–Trinajstić information content (AvgIpc) is 2.78. The number of aromatic carboxylic acids is 2. The summed E-state index contributed by atoms with van der Waals surface area (Å²) in [4.78, 5) is 28.7. The van der Waals surface area contributed by atoms with Gasteiger partial charge in [-0.25, -0.2) is 24.2 Å². The lowest BCUT2D eigenvalue weighted by molar-refractivity contribution is 0.0685. The summed E-state index contributed by atoms with van der Waals surface area (Å²) in [6.45, 7) is 0. The van der Waals surface area contributed by atoms with Crippen LogP contribution in [0.15, 0.2) is 24.8 Å². The van der Waals surface area contributed by atoms with Gasteiger partial charge in [-0.05, 0) is 0 Å². The largest absolute Gasteiger partial charge is 0.478 e. The molecule has 2 N–H and O–H groups in total. The number of carbonyl (C=O) groups is 2. The second-order valence-electron chi connectivity index (χ2n) is 3.06. The van der Waals surface area contributed by atoms with Crippen molar-refractivity contribution in [1.82, 2.24) is 19.7 Å². The van der Waals surface area contributed by atoms with E-state index in [4.69, 9.17) is 10.2 Å². The van der Waals surface area contributed by atoms with E-state index in [-0.39, 0.29) is 17.1 Å². The first kappa shape index (κ1) is 10.7. The molecule has 8 heteroatoms. The van der Waals surface area contributed by atoms with E-state index in [2.05, 4.69) is 15.1 Å². The van der Waals surface area contributed by atoms with Crippen molar-refractivity contribution in [3.63, 3.8) is 0 Å². The highest BCUT2D eigenvalue weighted by molar-refractivity contribution is 5.87. The van der Waals surface area contributed by atoms with Gasteiger partial charge in [0.2, 0.25) is 5.95 Å². The summed E-state index contributed by atoms with van der Waals surface area (Å²) in [6, 6.07) is 0. The van der Waals surface area contributed by atoms with E-state index in [9.17, 15) is 9.59 Å². The summed E-state index contributed by atoms with van der Waals surface area (Å²) < 4.78 is 1.15. The number of nitrogens with zero attached hydrogens (tertiary/aromatic N) is 4. The molecule has 0 unspecified atom stereocenters. The first-order chi connectivity index (χ1) is 8.08. The summed E-state index contributed by atoms with van der Waals surface area (Å²) in [7, 11) is 0. The lowest BCUT2D eigenvalue weighted by atomic mass is 10.3. The van der Waals surface area contributed by atoms with E-state index in [1.807, 2.05) is 0 Å². The fourth-order valence-electron chi connectivity index (χ4n) is 1.09. The highest BCUT2D eigenvalue weighted by atomic mass is 16.4. The van der Waals surface area contributed by atoms with Crippen LogP contribution in [0.25, 0.3) is 5.95 Å². The summed E-state index contributed by atoms with van der Waals surface area (Å²) >= 11 is 0. The van der Waals surface area contributed by atoms with Crippen LogP contribution in [0.2, 0.25) is 0 Å². The van der Waals surface area contributed by atoms with Gasteiger partial charge in [0.15, 0.2) is 0 Å². The topological polar surface area (TPSA) is 118 Å². The number of carboxylic acids is 2. The van der Waals surface area contributed by atoms with Gasteiger partial charge in [0, 0.05) is 18.6 Å². The van der Waals surface area contributed by atoms with Crippen molar-refractivity contribution in [2.75, 3.05) is 0 Å². The van der Waals surface area contributed by atoms with E-state index in [0.29, 0.717) is 0 Å². The second-order valence-corrected chi connectivity index (χ2v) is 3.06. The van der Waals surface area contributed by atoms with E-state index in [0.717, 1.165) is 23.3 Å². The molecule has 0 aliphatic rings. The van der Waals surface area contributed by atoms with Crippen LogP contribution in [-0.4, -0.2) is 41.9 Å². The van der Waals surface area contributed by atoms with Crippen LogP contribution >= 0.6 is 0 Å². The van der Waals surface area contributed by atoms with Crippen LogP contribution in [0.3, 0.4) is 0 Å². The Kier molecular flexibility index (Phi) is 2.53. The molecule has 0 aromatic carbocycles. The third-order valence-electron chi connectivity index (χ3n) is 1.92. The molecule has 0 aliphatic heterocycles. The number of aromatic nitrogens is 4.